The highest BCUT2D eigenvalue weighted by atomic mass is 35.5. The molecule has 7 heteroatoms. The van der Waals surface area contributed by atoms with Crippen LogP contribution < -0.4 is 11.1 Å². The summed E-state index contributed by atoms with van der Waals surface area (Å²) >= 11 is 6.03. The maximum Gasteiger partial charge on any atom is 0.416 e. The molecule has 25 heavy (non-hydrogen) atoms. The third-order valence-corrected chi connectivity index (χ3v) is 3.91. The molecule has 0 aliphatic carbocycles. The van der Waals surface area contributed by atoms with Crippen molar-refractivity contribution >= 4 is 17.5 Å². The van der Waals surface area contributed by atoms with Gasteiger partial charge in [0.05, 0.1) is 12.1 Å². The predicted molar refractivity (Wildman–Crippen MR) is 92.3 cm³/mol. The largest absolute Gasteiger partial charge is 0.416 e. The van der Waals surface area contributed by atoms with Crippen molar-refractivity contribution in [1.29, 1.82) is 0 Å². The van der Waals surface area contributed by atoms with E-state index in [0.29, 0.717) is 35.5 Å². The lowest BCUT2D eigenvalue weighted by Crippen LogP contribution is -2.29. The van der Waals surface area contributed by atoms with Gasteiger partial charge in [0.15, 0.2) is 0 Å². The van der Waals surface area contributed by atoms with Gasteiger partial charge in [0, 0.05) is 5.02 Å². The number of carbonyl (C=O) groups excluding carboxylic acids is 1. The van der Waals surface area contributed by atoms with Gasteiger partial charge < -0.3 is 11.1 Å². The molecule has 134 valence electrons. The van der Waals surface area contributed by atoms with Gasteiger partial charge in [0.2, 0.25) is 5.91 Å². The van der Waals surface area contributed by atoms with E-state index >= 15 is 0 Å². The van der Waals surface area contributed by atoms with Crippen LogP contribution in [0.25, 0.3) is 11.1 Å². The topological polar surface area (TPSA) is 55.1 Å². The fraction of sp³-hybridized carbons (Fsp3) is 0.278. The zero-order chi connectivity index (χ0) is 18.4. The van der Waals surface area contributed by atoms with Crippen LogP contribution in [0.3, 0.4) is 0 Å². The molecule has 0 radical (unpaired) electrons. The first-order valence-electron chi connectivity index (χ1n) is 7.72. The number of nitrogens with one attached hydrogen (secondary N) is 1. The molecular formula is C18H18ClF3N2O. The van der Waals surface area contributed by atoms with Gasteiger partial charge in [-0.3, -0.25) is 4.79 Å². The number of amides is 1. The monoisotopic (exact) mass is 370 g/mol. The number of carbonyl (C=O) groups is 1. The van der Waals surface area contributed by atoms with Crippen molar-refractivity contribution in [2.45, 2.75) is 19.0 Å². The van der Waals surface area contributed by atoms with Gasteiger partial charge in [-0.25, -0.2) is 0 Å². The fourth-order valence-corrected chi connectivity index (χ4v) is 2.69. The van der Waals surface area contributed by atoms with E-state index in [-0.39, 0.29) is 6.54 Å². The van der Waals surface area contributed by atoms with E-state index in [1.165, 1.54) is 6.07 Å². The van der Waals surface area contributed by atoms with Gasteiger partial charge in [0.1, 0.15) is 0 Å². The Morgan fingerprint density at radius 3 is 2.60 bits per heavy atom. The van der Waals surface area contributed by atoms with Gasteiger partial charge in [-0.2, -0.15) is 13.2 Å². The van der Waals surface area contributed by atoms with E-state index in [4.69, 9.17) is 17.3 Å². The minimum Gasteiger partial charge on any atom is -0.369 e. The first-order valence-corrected chi connectivity index (χ1v) is 8.10. The number of hydrogen-bond acceptors (Lipinski definition) is 2. The molecule has 0 bridgehead atoms. The van der Waals surface area contributed by atoms with Crippen LogP contribution in [0.2, 0.25) is 5.02 Å². The average molecular weight is 371 g/mol. The Morgan fingerprint density at radius 1 is 1.16 bits per heavy atom. The summed E-state index contributed by atoms with van der Waals surface area (Å²) in [5, 5.41) is 3.37. The molecule has 3 nitrogen and oxygen atoms in total. The van der Waals surface area contributed by atoms with Crippen LogP contribution in [0.15, 0.2) is 42.5 Å². The summed E-state index contributed by atoms with van der Waals surface area (Å²) in [6.07, 6.45) is -3.05. The van der Waals surface area contributed by atoms with Crippen molar-refractivity contribution in [3.63, 3.8) is 0 Å². The van der Waals surface area contributed by atoms with Crippen LogP contribution in [-0.4, -0.2) is 19.0 Å². The Hall–Kier alpha value is -2.05. The molecule has 2 rings (SSSR count). The number of nitrogens with two attached hydrogens (primary N) is 1. The molecule has 2 aromatic carbocycles. The molecule has 0 spiro atoms. The highest BCUT2D eigenvalue weighted by Gasteiger charge is 2.30. The van der Waals surface area contributed by atoms with Crippen molar-refractivity contribution < 1.29 is 18.0 Å². The van der Waals surface area contributed by atoms with Crippen molar-refractivity contribution in [2.75, 3.05) is 13.1 Å². The standard InChI is InChI=1S/C18H18ClF3N2O/c19-15-7-6-12(4-2-8-24-11-17(23)25)16(10-15)13-3-1-5-14(9-13)18(20,21)22/h1,3,5-7,9-10,24H,2,4,8,11H2,(H2,23,25). The highest BCUT2D eigenvalue weighted by molar-refractivity contribution is 6.30. The molecule has 0 saturated heterocycles. The van der Waals surface area contributed by atoms with E-state index in [1.54, 1.807) is 18.2 Å². The molecule has 0 saturated carbocycles. The maximum atomic E-state index is 12.9. The number of hydrogen-bond donors (Lipinski definition) is 2. The van der Waals surface area contributed by atoms with Crippen LogP contribution in [-0.2, 0) is 17.4 Å². The molecule has 0 atom stereocenters. The zero-order valence-corrected chi connectivity index (χ0v) is 14.1. The van der Waals surface area contributed by atoms with Gasteiger partial charge in [-0.05, 0) is 60.3 Å². The molecule has 0 fully saturated rings. The summed E-state index contributed by atoms with van der Waals surface area (Å²) in [6, 6.07) is 10.4. The summed E-state index contributed by atoms with van der Waals surface area (Å²) in [7, 11) is 0. The number of halogens is 4. The first kappa shape index (κ1) is 19.3. The smallest absolute Gasteiger partial charge is 0.369 e. The Labute approximate surface area is 149 Å². The number of aryl methyl sites for hydroxylation is 1. The summed E-state index contributed by atoms with van der Waals surface area (Å²) < 4.78 is 38.8. The second kappa shape index (κ2) is 8.36. The average Bonchev–Trinajstić information content (AvgIpc) is 2.55. The Balaban J connectivity index is 2.20. The lowest BCUT2D eigenvalue weighted by Gasteiger charge is -2.13. The first-order chi connectivity index (χ1) is 11.8. The lowest BCUT2D eigenvalue weighted by molar-refractivity contribution is -0.137. The van der Waals surface area contributed by atoms with Crippen LogP contribution in [0.1, 0.15) is 17.5 Å². The second-order valence-corrected chi connectivity index (χ2v) is 6.06. The molecule has 1 amide bonds. The van der Waals surface area contributed by atoms with Crippen LogP contribution in [0.4, 0.5) is 13.2 Å². The van der Waals surface area contributed by atoms with Crippen LogP contribution in [0, 0.1) is 0 Å². The molecular weight excluding hydrogens is 353 g/mol. The fourth-order valence-electron chi connectivity index (χ4n) is 2.51. The van der Waals surface area contributed by atoms with Gasteiger partial charge in [-0.1, -0.05) is 29.8 Å². The zero-order valence-electron chi connectivity index (χ0n) is 13.4. The molecule has 0 aliphatic heterocycles. The molecule has 3 N–H and O–H groups in total. The minimum atomic E-state index is -4.40. The summed E-state index contributed by atoms with van der Waals surface area (Å²) in [6.45, 7) is 0.675. The predicted octanol–water partition coefficient (Wildman–Crippen LogP) is 4.03. The third-order valence-electron chi connectivity index (χ3n) is 3.67. The molecule has 0 aromatic heterocycles. The number of rotatable bonds is 7. The van der Waals surface area contributed by atoms with Crippen molar-refractivity contribution in [3.05, 3.63) is 58.6 Å². The molecule has 0 aliphatic rings. The highest BCUT2D eigenvalue weighted by Crippen LogP contribution is 2.34. The number of benzene rings is 2. The van der Waals surface area contributed by atoms with E-state index in [9.17, 15) is 18.0 Å². The van der Waals surface area contributed by atoms with E-state index in [2.05, 4.69) is 5.32 Å². The summed E-state index contributed by atoms with van der Waals surface area (Å²) in [5.41, 5.74) is 6.39. The van der Waals surface area contributed by atoms with Crippen LogP contribution >= 0.6 is 11.6 Å². The van der Waals surface area contributed by atoms with E-state index < -0.39 is 17.6 Å². The summed E-state index contributed by atoms with van der Waals surface area (Å²) in [5.74, 6) is -0.434. The van der Waals surface area contributed by atoms with E-state index in [0.717, 1.165) is 17.7 Å². The Morgan fingerprint density at radius 2 is 1.92 bits per heavy atom. The second-order valence-electron chi connectivity index (χ2n) is 5.63. The van der Waals surface area contributed by atoms with Crippen LogP contribution in [0.5, 0.6) is 0 Å². The van der Waals surface area contributed by atoms with Gasteiger partial charge >= 0.3 is 6.18 Å². The van der Waals surface area contributed by atoms with Crippen molar-refractivity contribution in [2.24, 2.45) is 5.73 Å². The lowest BCUT2D eigenvalue weighted by atomic mass is 9.95. The normalized spacial score (nSPS) is 11.5. The van der Waals surface area contributed by atoms with E-state index in [1.807, 2.05) is 6.07 Å². The van der Waals surface area contributed by atoms with Gasteiger partial charge in [-0.15, -0.1) is 0 Å². The third kappa shape index (κ3) is 5.76. The van der Waals surface area contributed by atoms with Crippen molar-refractivity contribution in [1.82, 2.24) is 5.32 Å². The van der Waals surface area contributed by atoms with Crippen molar-refractivity contribution in [3.8, 4) is 11.1 Å². The Bertz CT molecular complexity index is 747. The number of primary amides is 1. The minimum absolute atomic E-state index is 0.0983. The quantitative estimate of drug-likeness (QED) is 0.723. The van der Waals surface area contributed by atoms with Gasteiger partial charge in [0.25, 0.3) is 0 Å². The summed E-state index contributed by atoms with van der Waals surface area (Å²) in [4.78, 5) is 10.7. The molecule has 0 unspecified atom stereocenters. The maximum absolute atomic E-state index is 12.9. The SMILES string of the molecule is NC(=O)CNCCCc1ccc(Cl)cc1-c1cccc(C(F)(F)F)c1. The number of alkyl halides is 3. The molecule has 2 aromatic rings. The molecule has 0 heterocycles. The Kier molecular flexibility index (Phi) is 6.45.